The number of aryl methyl sites for hydroxylation is 1. The second kappa shape index (κ2) is 9.76. The molecule has 4 aromatic rings. The van der Waals surface area contributed by atoms with E-state index in [2.05, 4.69) is 29.5 Å². The number of ether oxygens (including phenoxy) is 1. The number of urea groups is 1. The highest BCUT2D eigenvalue weighted by atomic mass is 32.1. The fourth-order valence-electron chi connectivity index (χ4n) is 4.19. The number of aromatic nitrogens is 2. The Morgan fingerprint density at radius 2 is 1.89 bits per heavy atom. The van der Waals surface area contributed by atoms with Crippen LogP contribution in [0, 0.1) is 0 Å². The highest BCUT2D eigenvalue weighted by Gasteiger charge is 2.36. The van der Waals surface area contributed by atoms with Gasteiger partial charge in [0, 0.05) is 16.1 Å². The van der Waals surface area contributed by atoms with Gasteiger partial charge >= 0.3 is 6.03 Å². The molecule has 0 spiro atoms. The molecule has 0 saturated heterocycles. The lowest BCUT2D eigenvalue weighted by Gasteiger charge is -2.35. The van der Waals surface area contributed by atoms with Crippen molar-refractivity contribution in [3.63, 3.8) is 0 Å². The molecular formula is C27H26N4O3S. The van der Waals surface area contributed by atoms with Gasteiger partial charge in [0.1, 0.15) is 5.75 Å². The average molecular weight is 487 g/mol. The van der Waals surface area contributed by atoms with E-state index >= 15 is 0 Å². The second-order valence-corrected chi connectivity index (χ2v) is 9.33. The van der Waals surface area contributed by atoms with Crippen molar-refractivity contribution in [3.05, 3.63) is 93.6 Å². The molecule has 2 aromatic heterocycles. The van der Waals surface area contributed by atoms with E-state index in [1.807, 2.05) is 60.8 Å². The van der Waals surface area contributed by atoms with Gasteiger partial charge in [-0.3, -0.25) is 4.90 Å². The minimum absolute atomic E-state index is 0.154. The molecule has 8 heteroatoms. The second-order valence-electron chi connectivity index (χ2n) is 8.29. The number of amides is 2. The zero-order chi connectivity index (χ0) is 24.4. The first-order valence-electron chi connectivity index (χ1n) is 11.5. The SMILES string of the molecule is CCc1ccc(C2NC(=O)N(Cc3cccs3)C(C)=C2c2nc(-c3ccc(OC)cc3)no2)cc1. The van der Waals surface area contributed by atoms with Crippen LogP contribution >= 0.6 is 11.3 Å². The Balaban J connectivity index is 1.57. The van der Waals surface area contributed by atoms with Crippen LogP contribution in [0.1, 0.15) is 41.8 Å². The van der Waals surface area contributed by atoms with Crippen molar-refractivity contribution in [1.29, 1.82) is 0 Å². The van der Waals surface area contributed by atoms with Crippen molar-refractivity contribution in [1.82, 2.24) is 20.4 Å². The minimum atomic E-state index is -0.405. The molecule has 0 saturated carbocycles. The Kier molecular flexibility index (Phi) is 6.37. The predicted molar refractivity (Wildman–Crippen MR) is 136 cm³/mol. The lowest BCUT2D eigenvalue weighted by molar-refractivity contribution is 0.203. The summed E-state index contributed by atoms with van der Waals surface area (Å²) >= 11 is 1.62. The molecule has 3 heterocycles. The maximum Gasteiger partial charge on any atom is 0.322 e. The van der Waals surface area contributed by atoms with E-state index in [0.29, 0.717) is 18.3 Å². The molecule has 35 heavy (non-hydrogen) atoms. The smallest absolute Gasteiger partial charge is 0.322 e. The molecule has 2 amide bonds. The Labute approximate surface area is 208 Å². The third kappa shape index (κ3) is 4.57. The summed E-state index contributed by atoms with van der Waals surface area (Å²) in [5.41, 5.74) is 4.59. The molecule has 1 atom stereocenters. The fraction of sp³-hybridized carbons (Fsp3) is 0.222. The summed E-state index contributed by atoms with van der Waals surface area (Å²) in [4.78, 5) is 20.8. The normalized spacial score (nSPS) is 15.9. The topological polar surface area (TPSA) is 80.5 Å². The molecule has 0 bridgehead atoms. The fourth-order valence-corrected chi connectivity index (χ4v) is 4.89. The van der Waals surface area contributed by atoms with Gasteiger partial charge in [0.05, 0.1) is 25.3 Å². The number of hydrogen-bond acceptors (Lipinski definition) is 6. The Morgan fingerprint density at radius 1 is 1.11 bits per heavy atom. The molecular weight excluding hydrogens is 460 g/mol. The zero-order valence-corrected chi connectivity index (χ0v) is 20.6. The van der Waals surface area contributed by atoms with Crippen molar-refractivity contribution >= 4 is 22.9 Å². The molecule has 7 nitrogen and oxygen atoms in total. The van der Waals surface area contributed by atoms with Gasteiger partial charge < -0.3 is 14.6 Å². The largest absolute Gasteiger partial charge is 0.497 e. The van der Waals surface area contributed by atoms with Gasteiger partial charge in [0.2, 0.25) is 5.82 Å². The van der Waals surface area contributed by atoms with Crippen LogP contribution in [0.5, 0.6) is 5.75 Å². The molecule has 0 aliphatic carbocycles. The summed E-state index contributed by atoms with van der Waals surface area (Å²) in [7, 11) is 1.63. The monoisotopic (exact) mass is 486 g/mol. The Bertz CT molecular complexity index is 1340. The van der Waals surface area contributed by atoms with E-state index in [1.54, 1.807) is 23.3 Å². The van der Waals surface area contributed by atoms with Crippen molar-refractivity contribution in [2.24, 2.45) is 0 Å². The molecule has 0 fully saturated rings. The van der Waals surface area contributed by atoms with Crippen LogP contribution in [0.2, 0.25) is 0 Å². The number of benzene rings is 2. The van der Waals surface area contributed by atoms with Gasteiger partial charge in [-0.25, -0.2) is 4.79 Å². The van der Waals surface area contributed by atoms with Crippen molar-refractivity contribution in [3.8, 4) is 17.1 Å². The molecule has 2 aromatic carbocycles. The summed E-state index contributed by atoms with van der Waals surface area (Å²) in [5.74, 6) is 1.62. The molecule has 5 rings (SSSR count). The number of nitrogens with one attached hydrogen (secondary N) is 1. The number of carbonyl (C=O) groups excluding carboxylic acids is 1. The summed E-state index contributed by atoms with van der Waals surface area (Å²) in [6.45, 7) is 4.53. The summed E-state index contributed by atoms with van der Waals surface area (Å²) in [6.07, 6.45) is 0.947. The first kappa shape index (κ1) is 22.9. The number of allylic oxidation sites excluding steroid dienone is 1. The standard InChI is InChI=1S/C27H26N4O3S/c1-4-18-7-9-19(10-8-18)24-23(17(2)31(27(32)28-24)16-22-6-5-15-35-22)26-29-25(30-34-26)20-11-13-21(33-3)14-12-20/h5-15,24H,4,16H2,1-3H3,(H,28,32). The van der Waals surface area contributed by atoms with E-state index < -0.39 is 6.04 Å². The summed E-state index contributed by atoms with van der Waals surface area (Å²) in [5, 5.41) is 9.41. The molecule has 1 N–H and O–H groups in total. The predicted octanol–water partition coefficient (Wildman–Crippen LogP) is 6.07. The zero-order valence-electron chi connectivity index (χ0n) is 19.8. The van der Waals surface area contributed by atoms with Crippen LogP contribution in [0.4, 0.5) is 4.79 Å². The number of thiophene rings is 1. The molecule has 1 unspecified atom stereocenters. The summed E-state index contributed by atoms with van der Waals surface area (Å²) < 4.78 is 11.0. The molecule has 0 radical (unpaired) electrons. The van der Waals surface area contributed by atoms with Crippen LogP contribution in [0.25, 0.3) is 17.0 Å². The first-order chi connectivity index (χ1) is 17.1. The van der Waals surface area contributed by atoms with Crippen LogP contribution in [-0.4, -0.2) is 28.2 Å². The number of nitrogens with zero attached hydrogens (tertiary/aromatic N) is 3. The number of methoxy groups -OCH3 is 1. The Hall–Kier alpha value is -3.91. The maximum absolute atomic E-state index is 13.2. The van der Waals surface area contributed by atoms with Crippen LogP contribution < -0.4 is 10.1 Å². The first-order valence-corrected chi connectivity index (χ1v) is 12.3. The van der Waals surface area contributed by atoms with E-state index in [9.17, 15) is 4.79 Å². The molecule has 1 aliphatic heterocycles. The van der Waals surface area contributed by atoms with Gasteiger partial charge in [-0.15, -0.1) is 11.3 Å². The lowest BCUT2D eigenvalue weighted by Crippen LogP contribution is -2.45. The van der Waals surface area contributed by atoms with E-state index in [0.717, 1.165) is 39.4 Å². The van der Waals surface area contributed by atoms with Crippen molar-refractivity contribution in [2.75, 3.05) is 7.11 Å². The van der Waals surface area contributed by atoms with Gasteiger partial charge in [0.25, 0.3) is 5.89 Å². The van der Waals surface area contributed by atoms with Gasteiger partial charge in [-0.1, -0.05) is 42.4 Å². The number of carbonyl (C=O) groups is 1. The van der Waals surface area contributed by atoms with Gasteiger partial charge in [0.15, 0.2) is 0 Å². The number of hydrogen-bond donors (Lipinski definition) is 1. The van der Waals surface area contributed by atoms with Crippen LogP contribution in [0.3, 0.4) is 0 Å². The molecule has 1 aliphatic rings. The minimum Gasteiger partial charge on any atom is -0.497 e. The lowest BCUT2D eigenvalue weighted by atomic mass is 9.93. The van der Waals surface area contributed by atoms with E-state index in [-0.39, 0.29) is 6.03 Å². The number of rotatable bonds is 7. The van der Waals surface area contributed by atoms with Gasteiger partial charge in [-0.2, -0.15) is 4.98 Å². The third-order valence-corrected chi connectivity index (χ3v) is 7.08. The van der Waals surface area contributed by atoms with Gasteiger partial charge in [-0.05, 0) is 60.2 Å². The quantitative estimate of drug-likeness (QED) is 0.343. The Morgan fingerprint density at radius 3 is 2.54 bits per heavy atom. The van der Waals surface area contributed by atoms with Crippen molar-refractivity contribution < 1.29 is 14.1 Å². The van der Waals surface area contributed by atoms with E-state index in [4.69, 9.17) is 14.2 Å². The van der Waals surface area contributed by atoms with E-state index in [1.165, 1.54) is 5.56 Å². The van der Waals surface area contributed by atoms with Crippen LogP contribution in [0.15, 0.2) is 76.3 Å². The maximum atomic E-state index is 13.2. The average Bonchev–Trinajstić information content (AvgIpc) is 3.59. The highest BCUT2D eigenvalue weighted by Crippen LogP contribution is 2.38. The van der Waals surface area contributed by atoms with Crippen LogP contribution in [-0.2, 0) is 13.0 Å². The summed E-state index contributed by atoms with van der Waals surface area (Å²) in [6, 6.07) is 19.2. The highest BCUT2D eigenvalue weighted by molar-refractivity contribution is 7.09. The van der Waals surface area contributed by atoms with Crippen molar-refractivity contribution in [2.45, 2.75) is 32.9 Å². The molecule has 178 valence electrons. The third-order valence-electron chi connectivity index (χ3n) is 6.22.